The number of hydrogen-bond donors (Lipinski definition) is 1. The molecule has 1 aromatic heterocycles. The normalized spacial score (nSPS) is 10.5. The van der Waals surface area contributed by atoms with Gasteiger partial charge >= 0.3 is 0 Å². The van der Waals surface area contributed by atoms with Crippen molar-refractivity contribution >= 4 is 22.2 Å². The molecule has 0 atom stereocenters. The number of anilines is 2. The summed E-state index contributed by atoms with van der Waals surface area (Å²) in [6, 6.07) is 14.1. The molecular weight excluding hydrogens is 320 g/mol. The van der Waals surface area contributed by atoms with Crippen LogP contribution >= 0.6 is 11.3 Å². The third kappa shape index (κ3) is 3.36. The van der Waals surface area contributed by atoms with Gasteiger partial charge in [-0.05, 0) is 36.2 Å². The zero-order valence-electron chi connectivity index (χ0n) is 14.0. The Morgan fingerprint density at radius 2 is 1.83 bits per heavy atom. The van der Waals surface area contributed by atoms with Gasteiger partial charge in [-0.2, -0.15) is 0 Å². The maximum atomic E-state index is 5.37. The highest BCUT2D eigenvalue weighted by Gasteiger charge is 2.10. The number of methoxy groups -OCH3 is 2. The fourth-order valence-electron chi connectivity index (χ4n) is 2.53. The smallest absolute Gasteiger partial charge is 0.187 e. The molecule has 3 aromatic rings. The first-order chi connectivity index (χ1) is 11.7. The Labute approximate surface area is 146 Å². The van der Waals surface area contributed by atoms with E-state index >= 15 is 0 Å². The summed E-state index contributed by atoms with van der Waals surface area (Å²) in [6.45, 7) is 2.15. The molecule has 1 heterocycles. The van der Waals surface area contributed by atoms with Crippen LogP contribution in [0.5, 0.6) is 11.5 Å². The number of thiazole rings is 1. The van der Waals surface area contributed by atoms with Gasteiger partial charge in [0, 0.05) is 16.6 Å². The number of rotatable bonds is 6. The Morgan fingerprint density at radius 1 is 1.04 bits per heavy atom. The number of para-hydroxylation sites is 1. The summed E-state index contributed by atoms with van der Waals surface area (Å²) in [6.07, 6.45) is 0.983. The van der Waals surface area contributed by atoms with Crippen LogP contribution in [0.3, 0.4) is 0 Å². The van der Waals surface area contributed by atoms with Gasteiger partial charge < -0.3 is 14.8 Å². The van der Waals surface area contributed by atoms with Crippen molar-refractivity contribution in [1.82, 2.24) is 4.98 Å². The van der Waals surface area contributed by atoms with Crippen LogP contribution in [0.15, 0.2) is 47.8 Å². The van der Waals surface area contributed by atoms with E-state index in [2.05, 4.69) is 30.4 Å². The number of hydrogen-bond acceptors (Lipinski definition) is 5. The summed E-state index contributed by atoms with van der Waals surface area (Å²) in [5.74, 6) is 1.42. The number of aromatic nitrogens is 1. The van der Waals surface area contributed by atoms with Crippen LogP contribution in [-0.2, 0) is 6.42 Å². The van der Waals surface area contributed by atoms with Gasteiger partial charge in [0.25, 0.3) is 0 Å². The van der Waals surface area contributed by atoms with Crippen LogP contribution in [0.25, 0.3) is 11.3 Å². The Balaban J connectivity index is 1.85. The van der Waals surface area contributed by atoms with Crippen molar-refractivity contribution in [3.8, 4) is 22.8 Å². The van der Waals surface area contributed by atoms with E-state index in [1.807, 2.05) is 29.6 Å². The van der Waals surface area contributed by atoms with Crippen LogP contribution < -0.4 is 14.8 Å². The largest absolute Gasteiger partial charge is 0.493 e. The van der Waals surface area contributed by atoms with Crippen molar-refractivity contribution in [2.75, 3.05) is 19.5 Å². The Kier molecular flexibility index (Phi) is 5.01. The van der Waals surface area contributed by atoms with Gasteiger partial charge in [0.1, 0.15) is 0 Å². The van der Waals surface area contributed by atoms with Crippen molar-refractivity contribution in [2.24, 2.45) is 0 Å². The zero-order chi connectivity index (χ0) is 16.9. The molecule has 3 rings (SSSR count). The zero-order valence-corrected chi connectivity index (χ0v) is 14.8. The fourth-order valence-corrected chi connectivity index (χ4v) is 3.26. The molecule has 0 spiro atoms. The van der Waals surface area contributed by atoms with E-state index in [1.165, 1.54) is 5.56 Å². The van der Waals surface area contributed by atoms with Crippen LogP contribution in [0.2, 0.25) is 0 Å². The molecule has 0 aliphatic rings. The highest BCUT2D eigenvalue weighted by atomic mass is 32.1. The van der Waals surface area contributed by atoms with Crippen LogP contribution in [0, 0.1) is 0 Å². The standard InChI is InChI=1S/C19H20N2O2S/c1-4-13-7-5-6-8-15(13)20-19-21-16(12-24-19)14-9-10-17(22-2)18(11-14)23-3/h5-12H,4H2,1-3H3,(H,20,21). The van der Waals surface area contributed by atoms with E-state index < -0.39 is 0 Å². The molecule has 0 radical (unpaired) electrons. The van der Waals surface area contributed by atoms with E-state index in [1.54, 1.807) is 25.6 Å². The molecule has 0 aliphatic heterocycles. The molecule has 1 N–H and O–H groups in total. The highest BCUT2D eigenvalue weighted by Crippen LogP contribution is 2.34. The molecule has 2 aromatic carbocycles. The second-order valence-corrected chi connectivity index (χ2v) is 6.10. The van der Waals surface area contributed by atoms with E-state index in [-0.39, 0.29) is 0 Å². The lowest BCUT2D eigenvalue weighted by Crippen LogP contribution is -1.94. The number of aryl methyl sites for hydroxylation is 1. The van der Waals surface area contributed by atoms with Gasteiger partial charge in [-0.1, -0.05) is 25.1 Å². The summed E-state index contributed by atoms with van der Waals surface area (Å²) in [5.41, 5.74) is 4.30. The van der Waals surface area contributed by atoms with E-state index in [9.17, 15) is 0 Å². The van der Waals surface area contributed by atoms with Crippen molar-refractivity contribution in [1.29, 1.82) is 0 Å². The van der Waals surface area contributed by atoms with Crippen molar-refractivity contribution in [3.05, 3.63) is 53.4 Å². The highest BCUT2D eigenvalue weighted by molar-refractivity contribution is 7.14. The minimum absolute atomic E-state index is 0.703. The third-order valence-electron chi connectivity index (χ3n) is 3.82. The van der Waals surface area contributed by atoms with Gasteiger partial charge in [-0.3, -0.25) is 0 Å². The van der Waals surface area contributed by atoms with Crippen molar-refractivity contribution < 1.29 is 9.47 Å². The first-order valence-corrected chi connectivity index (χ1v) is 8.66. The number of ether oxygens (including phenoxy) is 2. The third-order valence-corrected chi connectivity index (χ3v) is 4.58. The summed E-state index contributed by atoms with van der Waals surface area (Å²) in [7, 11) is 3.27. The predicted molar refractivity (Wildman–Crippen MR) is 99.8 cm³/mol. The molecule has 0 aliphatic carbocycles. The van der Waals surface area contributed by atoms with E-state index in [4.69, 9.17) is 14.5 Å². The average Bonchev–Trinajstić information content (AvgIpc) is 3.10. The fraction of sp³-hybridized carbons (Fsp3) is 0.211. The summed E-state index contributed by atoms with van der Waals surface area (Å²) in [5, 5.41) is 6.33. The van der Waals surface area contributed by atoms with Gasteiger partial charge in [0.15, 0.2) is 16.6 Å². The topological polar surface area (TPSA) is 43.4 Å². The summed E-state index contributed by atoms with van der Waals surface area (Å²) < 4.78 is 10.6. The number of benzene rings is 2. The van der Waals surface area contributed by atoms with Crippen molar-refractivity contribution in [3.63, 3.8) is 0 Å². The SMILES string of the molecule is CCc1ccccc1Nc1nc(-c2ccc(OC)c(OC)c2)cs1. The minimum atomic E-state index is 0.703. The number of nitrogens with one attached hydrogen (secondary N) is 1. The maximum Gasteiger partial charge on any atom is 0.187 e. The van der Waals surface area contributed by atoms with E-state index in [0.29, 0.717) is 11.5 Å². The molecule has 0 amide bonds. The minimum Gasteiger partial charge on any atom is -0.493 e. The van der Waals surface area contributed by atoms with Gasteiger partial charge in [0.05, 0.1) is 19.9 Å². The molecule has 0 fully saturated rings. The van der Waals surface area contributed by atoms with Gasteiger partial charge in [0.2, 0.25) is 0 Å². The molecule has 0 saturated heterocycles. The molecule has 24 heavy (non-hydrogen) atoms. The van der Waals surface area contributed by atoms with Crippen LogP contribution in [0.1, 0.15) is 12.5 Å². The van der Waals surface area contributed by atoms with Gasteiger partial charge in [-0.15, -0.1) is 11.3 Å². The van der Waals surface area contributed by atoms with E-state index in [0.717, 1.165) is 28.5 Å². The maximum absolute atomic E-state index is 5.37. The second kappa shape index (κ2) is 7.36. The molecule has 5 heteroatoms. The Hall–Kier alpha value is -2.53. The Bertz CT molecular complexity index is 830. The first kappa shape index (κ1) is 16.3. The monoisotopic (exact) mass is 340 g/mol. The Morgan fingerprint density at radius 3 is 2.58 bits per heavy atom. The van der Waals surface area contributed by atoms with Crippen LogP contribution in [-0.4, -0.2) is 19.2 Å². The molecule has 124 valence electrons. The molecule has 4 nitrogen and oxygen atoms in total. The number of nitrogens with zero attached hydrogens (tertiary/aromatic N) is 1. The van der Waals surface area contributed by atoms with Crippen molar-refractivity contribution in [2.45, 2.75) is 13.3 Å². The molecular formula is C19H20N2O2S. The molecule has 0 bridgehead atoms. The van der Waals surface area contributed by atoms with Crippen LogP contribution in [0.4, 0.5) is 10.8 Å². The predicted octanol–water partition coefficient (Wildman–Crippen LogP) is 5.13. The first-order valence-electron chi connectivity index (χ1n) is 7.78. The average molecular weight is 340 g/mol. The lowest BCUT2D eigenvalue weighted by molar-refractivity contribution is 0.355. The lowest BCUT2D eigenvalue weighted by atomic mass is 10.1. The second-order valence-electron chi connectivity index (χ2n) is 5.24. The summed E-state index contributed by atoms with van der Waals surface area (Å²) >= 11 is 1.59. The quantitative estimate of drug-likeness (QED) is 0.675. The molecule has 0 saturated carbocycles. The summed E-state index contributed by atoms with van der Waals surface area (Å²) in [4.78, 5) is 4.69. The lowest BCUT2D eigenvalue weighted by Gasteiger charge is -2.09. The van der Waals surface area contributed by atoms with Gasteiger partial charge in [-0.25, -0.2) is 4.98 Å². The molecule has 0 unspecified atom stereocenters.